The zero-order valence-corrected chi connectivity index (χ0v) is 10.3. The minimum absolute atomic E-state index is 0.276. The lowest BCUT2D eigenvalue weighted by molar-refractivity contribution is -0.181. The van der Waals surface area contributed by atoms with Gasteiger partial charge < -0.3 is 15.5 Å². The third kappa shape index (κ3) is 2.68. The van der Waals surface area contributed by atoms with Gasteiger partial charge in [-0.05, 0) is 12.8 Å². The van der Waals surface area contributed by atoms with Crippen LogP contribution in [0.2, 0.25) is 0 Å². The van der Waals surface area contributed by atoms with Crippen LogP contribution in [-0.4, -0.2) is 60.0 Å². The molecule has 8 heteroatoms. The molecule has 0 aromatic heterocycles. The standard InChI is InChI=1S/C11H16F3N3O2/c12-11(13,14)7(4-15)5-16-6-9(18)17-3-1-2-8(17)10(16)19/h7-8H,1-6,15H2. The monoisotopic (exact) mass is 279 g/mol. The molecule has 5 nitrogen and oxygen atoms in total. The van der Waals surface area contributed by atoms with Gasteiger partial charge in [0.25, 0.3) is 0 Å². The van der Waals surface area contributed by atoms with Crippen LogP contribution in [0.1, 0.15) is 12.8 Å². The number of amides is 2. The number of nitrogens with two attached hydrogens (primary N) is 1. The largest absolute Gasteiger partial charge is 0.394 e. The molecule has 2 amide bonds. The van der Waals surface area contributed by atoms with E-state index in [2.05, 4.69) is 0 Å². The van der Waals surface area contributed by atoms with Gasteiger partial charge in [-0.15, -0.1) is 0 Å². The molecule has 2 aliphatic rings. The molecule has 0 aromatic carbocycles. The van der Waals surface area contributed by atoms with Gasteiger partial charge in [0.15, 0.2) is 0 Å². The predicted octanol–water partition coefficient (Wildman–Crippen LogP) is -0.0432. The lowest BCUT2D eigenvalue weighted by Gasteiger charge is -2.38. The molecular formula is C11H16F3N3O2. The maximum absolute atomic E-state index is 12.7. The van der Waals surface area contributed by atoms with E-state index in [1.165, 1.54) is 4.90 Å². The molecular weight excluding hydrogens is 263 g/mol. The smallest absolute Gasteiger partial charge is 0.331 e. The van der Waals surface area contributed by atoms with Gasteiger partial charge in [-0.3, -0.25) is 9.59 Å². The SMILES string of the molecule is NCC(CN1CC(=O)N2CCCC2C1=O)C(F)(F)F. The van der Waals surface area contributed by atoms with E-state index < -0.39 is 31.2 Å². The molecule has 2 fully saturated rings. The zero-order valence-electron chi connectivity index (χ0n) is 10.3. The first-order valence-electron chi connectivity index (χ1n) is 6.19. The van der Waals surface area contributed by atoms with Crippen LogP contribution in [0.4, 0.5) is 13.2 Å². The molecule has 19 heavy (non-hydrogen) atoms. The maximum Gasteiger partial charge on any atom is 0.394 e. The van der Waals surface area contributed by atoms with Crippen molar-refractivity contribution < 1.29 is 22.8 Å². The molecule has 2 N–H and O–H groups in total. The van der Waals surface area contributed by atoms with Crippen LogP contribution in [0.15, 0.2) is 0 Å². The molecule has 0 aromatic rings. The number of fused-ring (bicyclic) bond motifs is 1. The first-order chi connectivity index (χ1) is 8.84. The van der Waals surface area contributed by atoms with E-state index in [4.69, 9.17) is 5.73 Å². The molecule has 2 unspecified atom stereocenters. The van der Waals surface area contributed by atoms with Crippen molar-refractivity contribution in [2.24, 2.45) is 11.7 Å². The van der Waals surface area contributed by atoms with E-state index in [1.54, 1.807) is 0 Å². The Morgan fingerprint density at radius 1 is 1.37 bits per heavy atom. The highest BCUT2D eigenvalue weighted by molar-refractivity contribution is 5.95. The summed E-state index contributed by atoms with van der Waals surface area (Å²) in [5.74, 6) is -2.45. The number of piperazine rings is 1. The second-order valence-corrected chi connectivity index (χ2v) is 4.94. The van der Waals surface area contributed by atoms with Gasteiger partial charge in [0.05, 0.1) is 12.5 Å². The summed E-state index contributed by atoms with van der Waals surface area (Å²) in [6.07, 6.45) is -3.21. The average molecular weight is 279 g/mol. The van der Waals surface area contributed by atoms with Crippen molar-refractivity contribution in [2.75, 3.05) is 26.2 Å². The summed E-state index contributed by atoms with van der Waals surface area (Å²) >= 11 is 0. The molecule has 2 aliphatic heterocycles. The van der Waals surface area contributed by atoms with Gasteiger partial charge in [-0.2, -0.15) is 13.2 Å². The van der Waals surface area contributed by atoms with Crippen LogP contribution in [0.25, 0.3) is 0 Å². The number of carbonyl (C=O) groups excluding carboxylic acids is 2. The molecule has 0 spiro atoms. The normalized spacial score (nSPS) is 25.8. The summed E-state index contributed by atoms with van der Waals surface area (Å²) in [5, 5.41) is 0. The number of nitrogens with zero attached hydrogens (tertiary/aromatic N) is 2. The lowest BCUT2D eigenvalue weighted by Crippen LogP contribution is -2.59. The van der Waals surface area contributed by atoms with Crippen LogP contribution in [-0.2, 0) is 9.59 Å². The Bertz CT molecular complexity index is 386. The summed E-state index contributed by atoms with van der Waals surface area (Å²) in [7, 11) is 0. The van der Waals surface area contributed by atoms with Gasteiger partial charge >= 0.3 is 6.18 Å². The van der Waals surface area contributed by atoms with E-state index >= 15 is 0 Å². The first-order valence-corrected chi connectivity index (χ1v) is 6.19. The molecule has 2 atom stereocenters. The number of hydrogen-bond acceptors (Lipinski definition) is 3. The summed E-state index contributed by atoms with van der Waals surface area (Å²) in [6, 6.07) is -0.576. The minimum atomic E-state index is -4.45. The first kappa shape index (κ1) is 14.1. The lowest BCUT2D eigenvalue weighted by atomic mass is 10.1. The molecule has 0 radical (unpaired) electrons. The molecule has 0 bridgehead atoms. The summed E-state index contributed by atoms with van der Waals surface area (Å²) in [5.41, 5.74) is 5.11. The van der Waals surface area contributed by atoms with Crippen molar-refractivity contribution in [2.45, 2.75) is 25.1 Å². The van der Waals surface area contributed by atoms with Gasteiger partial charge in [0, 0.05) is 19.6 Å². The Kier molecular flexibility index (Phi) is 3.71. The average Bonchev–Trinajstić information content (AvgIpc) is 2.80. The Morgan fingerprint density at radius 3 is 2.63 bits per heavy atom. The van der Waals surface area contributed by atoms with E-state index in [0.717, 1.165) is 11.3 Å². The van der Waals surface area contributed by atoms with Crippen molar-refractivity contribution in [3.63, 3.8) is 0 Å². The number of alkyl halides is 3. The third-order valence-corrected chi connectivity index (χ3v) is 3.68. The van der Waals surface area contributed by atoms with Crippen molar-refractivity contribution in [1.82, 2.24) is 9.80 Å². The Balaban J connectivity index is 2.08. The van der Waals surface area contributed by atoms with E-state index in [-0.39, 0.29) is 18.4 Å². The van der Waals surface area contributed by atoms with Crippen LogP contribution < -0.4 is 5.73 Å². The van der Waals surface area contributed by atoms with Crippen LogP contribution in [0.3, 0.4) is 0 Å². The van der Waals surface area contributed by atoms with Gasteiger partial charge in [0.2, 0.25) is 11.8 Å². The second kappa shape index (κ2) is 4.99. The number of carbonyl (C=O) groups is 2. The van der Waals surface area contributed by atoms with E-state index in [0.29, 0.717) is 13.0 Å². The topological polar surface area (TPSA) is 66.6 Å². The maximum atomic E-state index is 12.7. The molecule has 0 saturated carbocycles. The molecule has 108 valence electrons. The van der Waals surface area contributed by atoms with Crippen molar-refractivity contribution in [3.8, 4) is 0 Å². The van der Waals surface area contributed by atoms with Gasteiger partial charge in [0.1, 0.15) is 6.04 Å². The van der Waals surface area contributed by atoms with Gasteiger partial charge in [-0.1, -0.05) is 0 Å². The number of rotatable bonds is 3. The zero-order chi connectivity index (χ0) is 14.2. The van der Waals surface area contributed by atoms with Gasteiger partial charge in [-0.25, -0.2) is 0 Å². The fraction of sp³-hybridized carbons (Fsp3) is 0.818. The highest BCUT2D eigenvalue weighted by atomic mass is 19.4. The highest BCUT2D eigenvalue weighted by Gasteiger charge is 2.46. The van der Waals surface area contributed by atoms with Crippen LogP contribution >= 0.6 is 0 Å². The van der Waals surface area contributed by atoms with Crippen molar-refractivity contribution in [1.29, 1.82) is 0 Å². The molecule has 2 rings (SSSR count). The minimum Gasteiger partial charge on any atom is -0.331 e. The Morgan fingerprint density at radius 2 is 2.05 bits per heavy atom. The summed E-state index contributed by atoms with van der Waals surface area (Å²) in [6.45, 7) is -0.880. The Labute approximate surface area is 108 Å². The highest BCUT2D eigenvalue weighted by Crippen LogP contribution is 2.29. The fourth-order valence-electron chi connectivity index (χ4n) is 2.60. The van der Waals surface area contributed by atoms with Crippen LogP contribution in [0.5, 0.6) is 0 Å². The molecule has 2 heterocycles. The van der Waals surface area contributed by atoms with E-state index in [1.807, 2.05) is 0 Å². The van der Waals surface area contributed by atoms with Crippen molar-refractivity contribution >= 4 is 11.8 Å². The number of halogens is 3. The van der Waals surface area contributed by atoms with E-state index in [9.17, 15) is 22.8 Å². The Hall–Kier alpha value is -1.31. The number of hydrogen-bond donors (Lipinski definition) is 1. The predicted molar refractivity (Wildman–Crippen MR) is 59.9 cm³/mol. The van der Waals surface area contributed by atoms with Crippen molar-refractivity contribution in [3.05, 3.63) is 0 Å². The van der Waals surface area contributed by atoms with Crippen LogP contribution in [0, 0.1) is 5.92 Å². The molecule has 0 aliphatic carbocycles. The second-order valence-electron chi connectivity index (χ2n) is 4.94. The summed E-state index contributed by atoms with van der Waals surface area (Å²) in [4.78, 5) is 26.3. The third-order valence-electron chi connectivity index (χ3n) is 3.68. The summed E-state index contributed by atoms with van der Waals surface area (Å²) < 4.78 is 38.0. The fourth-order valence-corrected chi connectivity index (χ4v) is 2.60. The molecule has 2 saturated heterocycles. The quantitative estimate of drug-likeness (QED) is 0.788.